The van der Waals surface area contributed by atoms with Crippen LogP contribution in [0, 0.1) is 0 Å². The van der Waals surface area contributed by atoms with Crippen molar-refractivity contribution >= 4 is 16.9 Å². The minimum atomic E-state index is -0.291. The fraction of sp³-hybridized carbons (Fsp3) is 0.214. The molecule has 92 valence electrons. The lowest BCUT2D eigenvalue weighted by molar-refractivity contribution is 0.0612. The van der Waals surface area contributed by atoms with Crippen molar-refractivity contribution in [2.75, 3.05) is 13.1 Å². The number of benzene rings is 1. The summed E-state index contributed by atoms with van der Waals surface area (Å²) < 4.78 is 5.41. The fourth-order valence-corrected chi connectivity index (χ4v) is 2.11. The summed E-state index contributed by atoms with van der Waals surface area (Å²) in [6.45, 7) is 1.61. The van der Waals surface area contributed by atoms with E-state index in [1.54, 1.807) is 6.20 Å². The highest BCUT2D eigenvalue weighted by atomic mass is 16.5. The van der Waals surface area contributed by atoms with Gasteiger partial charge in [0.25, 0.3) is 0 Å². The van der Waals surface area contributed by atoms with Gasteiger partial charge in [-0.15, -0.1) is 0 Å². The zero-order valence-electron chi connectivity index (χ0n) is 9.90. The van der Waals surface area contributed by atoms with E-state index in [0.29, 0.717) is 5.56 Å². The van der Waals surface area contributed by atoms with Crippen LogP contribution in [0.4, 0.5) is 0 Å². The molecule has 4 heteroatoms. The summed E-state index contributed by atoms with van der Waals surface area (Å²) in [5.74, 6) is 0.463. The van der Waals surface area contributed by atoms with Gasteiger partial charge in [-0.25, -0.2) is 4.79 Å². The van der Waals surface area contributed by atoms with Gasteiger partial charge >= 0.3 is 5.97 Å². The summed E-state index contributed by atoms with van der Waals surface area (Å²) in [6.07, 6.45) is 4.37. The molecule has 1 aromatic carbocycles. The summed E-state index contributed by atoms with van der Waals surface area (Å²) in [4.78, 5) is 15.2. The number of carbonyl (C=O) groups excluding carboxylic acids is 1. The first-order valence-corrected chi connectivity index (χ1v) is 6.02. The van der Waals surface area contributed by atoms with E-state index < -0.39 is 0 Å². The number of aromatic amines is 1. The Bertz CT molecular complexity index is 613. The zero-order chi connectivity index (χ0) is 12.4. The molecule has 18 heavy (non-hydrogen) atoms. The second-order valence-electron chi connectivity index (χ2n) is 4.26. The van der Waals surface area contributed by atoms with E-state index in [-0.39, 0.29) is 5.97 Å². The molecule has 0 atom stereocenters. The molecular formula is C14H14N2O2. The summed E-state index contributed by atoms with van der Waals surface area (Å²) in [5.41, 5.74) is 1.54. The molecule has 0 radical (unpaired) electrons. The third-order valence-electron chi connectivity index (χ3n) is 3.06. The molecule has 0 spiro atoms. The number of ether oxygens (including phenoxy) is 1. The highest BCUT2D eigenvalue weighted by molar-refractivity contribution is 6.04. The summed E-state index contributed by atoms with van der Waals surface area (Å²) in [7, 11) is 0. The van der Waals surface area contributed by atoms with E-state index in [0.717, 1.165) is 36.2 Å². The Labute approximate surface area is 105 Å². The number of hydrogen-bond donors (Lipinski definition) is 2. The standard InChI is InChI=1S/C14H14N2O2/c17-14(18-10-5-7-15-8-6-10)12-9-16-13-4-2-1-3-11(12)13/h1-5,9,15-16H,6-8H2. The van der Waals surface area contributed by atoms with Gasteiger partial charge in [-0.2, -0.15) is 0 Å². The molecule has 4 nitrogen and oxygen atoms in total. The molecule has 2 N–H and O–H groups in total. The van der Waals surface area contributed by atoms with Gasteiger partial charge in [0.2, 0.25) is 0 Å². The van der Waals surface area contributed by atoms with E-state index in [4.69, 9.17) is 4.74 Å². The topological polar surface area (TPSA) is 54.1 Å². The summed E-state index contributed by atoms with van der Waals surface area (Å²) in [5, 5.41) is 4.08. The normalized spacial score (nSPS) is 15.4. The van der Waals surface area contributed by atoms with E-state index in [2.05, 4.69) is 10.3 Å². The van der Waals surface area contributed by atoms with Crippen LogP contribution >= 0.6 is 0 Å². The van der Waals surface area contributed by atoms with E-state index in [1.807, 2.05) is 30.3 Å². The van der Waals surface area contributed by atoms with Crippen molar-refractivity contribution in [2.45, 2.75) is 6.42 Å². The Kier molecular flexibility index (Phi) is 2.86. The van der Waals surface area contributed by atoms with Crippen molar-refractivity contribution < 1.29 is 9.53 Å². The van der Waals surface area contributed by atoms with Crippen molar-refractivity contribution in [1.29, 1.82) is 0 Å². The lowest BCUT2D eigenvalue weighted by Gasteiger charge is -2.13. The van der Waals surface area contributed by atoms with E-state index in [1.165, 1.54) is 0 Å². The highest BCUT2D eigenvalue weighted by Crippen LogP contribution is 2.20. The van der Waals surface area contributed by atoms with Gasteiger partial charge in [0.05, 0.1) is 5.56 Å². The number of carbonyl (C=O) groups is 1. The minimum absolute atomic E-state index is 0.291. The monoisotopic (exact) mass is 242 g/mol. The Morgan fingerprint density at radius 1 is 1.28 bits per heavy atom. The molecular weight excluding hydrogens is 228 g/mol. The first kappa shape index (κ1) is 11.0. The molecule has 0 aliphatic carbocycles. The van der Waals surface area contributed by atoms with Crippen LogP contribution in [0.3, 0.4) is 0 Å². The zero-order valence-corrected chi connectivity index (χ0v) is 9.90. The number of rotatable bonds is 2. The Morgan fingerprint density at radius 2 is 2.17 bits per heavy atom. The third-order valence-corrected chi connectivity index (χ3v) is 3.06. The Balaban J connectivity index is 1.86. The largest absolute Gasteiger partial charge is 0.428 e. The van der Waals surface area contributed by atoms with Crippen LogP contribution in [0.2, 0.25) is 0 Å². The predicted molar refractivity (Wildman–Crippen MR) is 69.3 cm³/mol. The number of hydrogen-bond acceptors (Lipinski definition) is 3. The second kappa shape index (κ2) is 4.66. The van der Waals surface area contributed by atoms with E-state index in [9.17, 15) is 4.79 Å². The van der Waals surface area contributed by atoms with Crippen LogP contribution in [0.25, 0.3) is 10.9 Å². The maximum atomic E-state index is 12.1. The first-order chi connectivity index (χ1) is 8.84. The molecule has 3 rings (SSSR count). The highest BCUT2D eigenvalue weighted by Gasteiger charge is 2.15. The molecule has 1 aliphatic heterocycles. The van der Waals surface area contributed by atoms with Crippen LogP contribution < -0.4 is 5.32 Å². The maximum Gasteiger partial charge on any atom is 0.345 e. The quantitative estimate of drug-likeness (QED) is 0.794. The van der Waals surface area contributed by atoms with Crippen molar-refractivity contribution in [3.8, 4) is 0 Å². The molecule has 0 amide bonds. The number of aromatic nitrogens is 1. The third kappa shape index (κ3) is 2.02. The minimum Gasteiger partial charge on any atom is -0.428 e. The number of esters is 1. The number of H-pyrrole nitrogens is 1. The van der Waals surface area contributed by atoms with Crippen LogP contribution in [0.15, 0.2) is 42.3 Å². The Hall–Kier alpha value is -2.07. The average Bonchev–Trinajstić information content (AvgIpc) is 2.84. The van der Waals surface area contributed by atoms with Gasteiger partial charge in [0, 0.05) is 36.6 Å². The summed E-state index contributed by atoms with van der Waals surface area (Å²) >= 11 is 0. The van der Waals surface area contributed by atoms with Gasteiger partial charge < -0.3 is 15.0 Å². The van der Waals surface area contributed by atoms with Crippen LogP contribution in [-0.2, 0) is 4.74 Å². The van der Waals surface area contributed by atoms with Crippen molar-refractivity contribution in [3.63, 3.8) is 0 Å². The molecule has 0 fully saturated rings. The first-order valence-electron chi connectivity index (χ1n) is 6.02. The van der Waals surface area contributed by atoms with Crippen molar-refractivity contribution in [1.82, 2.24) is 10.3 Å². The molecule has 1 aromatic heterocycles. The molecule has 0 unspecified atom stereocenters. The molecule has 2 aromatic rings. The lowest BCUT2D eigenvalue weighted by Crippen LogP contribution is -2.22. The van der Waals surface area contributed by atoms with Crippen molar-refractivity contribution in [3.05, 3.63) is 47.9 Å². The van der Waals surface area contributed by atoms with Gasteiger partial charge in [0.1, 0.15) is 5.76 Å². The molecule has 0 saturated carbocycles. The number of nitrogens with one attached hydrogen (secondary N) is 2. The molecule has 0 saturated heterocycles. The molecule has 1 aliphatic rings. The maximum absolute atomic E-state index is 12.1. The van der Waals surface area contributed by atoms with Gasteiger partial charge in [-0.1, -0.05) is 18.2 Å². The van der Waals surface area contributed by atoms with Crippen LogP contribution in [-0.4, -0.2) is 24.0 Å². The fourth-order valence-electron chi connectivity index (χ4n) is 2.11. The lowest BCUT2D eigenvalue weighted by atomic mass is 10.2. The Morgan fingerprint density at radius 3 is 3.00 bits per heavy atom. The van der Waals surface area contributed by atoms with Crippen LogP contribution in [0.5, 0.6) is 0 Å². The second-order valence-corrected chi connectivity index (χ2v) is 4.26. The van der Waals surface area contributed by atoms with Gasteiger partial charge in [-0.05, 0) is 12.1 Å². The predicted octanol–water partition coefficient (Wildman–Crippen LogP) is 2.20. The SMILES string of the molecule is O=C(OC1=CCNCC1)c1c[nH]c2ccccc12. The van der Waals surface area contributed by atoms with E-state index >= 15 is 0 Å². The molecule has 2 heterocycles. The summed E-state index contributed by atoms with van der Waals surface area (Å²) in [6, 6.07) is 7.70. The van der Waals surface area contributed by atoms with Crippen LogP contribution in [0.1, 0.15) is 16.8 Å². The van der Waals surface area contributed by atoms with Crippen molar-refractivity contribution in [2.24, 2.45) is 0 Å². The number of para-hydroxylation sites is 1. The smallest absolute Gasteiger partial charge is 0.345 e. The average molecular weight is 242 g/mol. The van der Waals surface area contributed by atoms with Gasteiger partial charge in [0.15, 0.2) is 0 Å². The number of fused-ring (bicyclic) bond motifs is 1. The van der Waals surface area contributed by atoms with Gasteiger partial charge in [-0.3, -0.25) is 0 Å². The molecule has 0 bridgehead atoms.